The van der Waals surface area contributed by atoms with Crippen LogP contribution in [0.4, 0.5) is 13.2 Å². The fraction of sp³-hybridized carbons (Fsp3) is 0.562. The number of halogens is 3. The summed E-state index contributed by atoms with van der Waals surface area (Å²) >= 11 is 0. The summed E-state index contributed by atoms with van der Waals surface area (Å²) in [7, 11) is 0. The van der Waals surface area contributed by atoms with Gasteiger partial charge < -0.3 is 20.1 Å². The van der Waals surface area contributed by atoms with E-state index in [1.165, 1.54) is 18.2 Å². The first-order valence-corrected chi connectivity index (χ1v) is 7.78. The normalized spacial score (nSPS) is 16.1. The quantitative estimate of drug-likeness (QED) is 0.858. The number of hydrogen-bond donors (Lipinski definition) is 1. The fourth-order valence-corrected chi connectivity index (χ4v) is 2.50. The zero-order valence-corrected chi connectivity index (χ0v) is 13.2. The topological polar surface area (TPSA) is 64.8 Å². The molecule has 1 fully saturated rings. The van der Waals surface area contributed by atoms with Crippen molar-refractivity contribution in [2.24, 2.45) is 11.7 Å². The predicted octanol–water partition coefficient (Wildman–Crippen LogP) is 2.20. The van der Waals surface area contributed by atoms with Gasteiger partial charge in [-0.2, -0.15) is 13.2 Å². The molecule has 1 heterocycles. The second kappa shape index (κ2) is 8.23. The molecule has 8 heteroatoms. The summed E-state index contributed by atoms with van der Waals surface area (Å²) in [5, 5.41) is 0. The first-order chi connectivity index (χ1) is 11.4. The molecule has 0 aliphatic carbocycles. The Morgan fingerprint density at radius 1 is 1.17 bits per heavy atom. The Morgan fingerprint density at radius 2 is 1.75 bits per heavy atom. The van der Waals surface area contributed by atoms with Gasteiger partial charge in [-0.15, -0.1) is 0 Å². The van der Waals surface area contributed by atoms with Crippen LogP contribution in [0.5, 0.6) is 11.5 Å². The Bertz CT molecular complexity index is 544. The fourth-order valence-electron chi connectivity index (χ4n) is 2.50. The number of likely N-dealkylation sites (tertiary alicyclic amines) is 1. The van der Waals surface area contributed by atoms with Gasteiger partial charge in [-0.05, 0) is 37.4 Å². The lowest BCUT2D eigenvalue weighted by Crippen LogP contribution is -2.42. The number of piperidine rings is 1. The molecule has 1 aromatic rings. The van der Waals surface area contributed by atoms with Crippen LogP contribution in [0.15, 0.2) is 24.3 Å². The van der Waals surface area contributed by atoms with E-state index in [-0.39, 0.29) is 24.0 Å². The maximum Gasteiger partial charge on any atom is 0.422 e. The molecule has 1 saturated heterocycles. The smallest absolute Gasteiger partial charge is 0.422 e. The van der Waals surface area contributed by atoms with Crippen molar-refractivity contribution in [3.8, 4) is 11.5 Å². The van der Waals surface area contributed by atoms with Crippen LogP contribution in [0.3, 0.4) is 0 Å². The maximum atomic E-state index is 12.3. The number of hydrogen-bond acceptors (Lipinski definition) is 4. The largest absolute Gasteiger partial charge is 0.480 e. The molecule has 1 aliphatic heterocycles. The number of benzene rings is 1. The van der Waals surface area contributed by atoms with E-state index in [4.69, 9.17) is 15.2 Å². The lowest BCUT2D eigenvalue weighted by atomic mass is 9.97. The summed E-state index contributed by atoms with van der Waals surface area (Å²) in [6.45, 7) is 0.211. The van der Waals surface area contributed by atoms with Gasteiger partial charge in [0.15, 0.2) is 24.7 Å². The van der Waals surface area contributed by atoms with Crippen molar-refractivity contribution in [3.63, 3.8) is 0 Å². The van der Waals surface area contributed by atoms with Crippen LogP contribution in [-0.4, -0.2) is 49.8 Å². The van der Waals surface area contributed by atoms with E-state index in [1.54, 1.807) is 11.0 Å². The molecule has 0 saturated carbocycles. The van der Waals surface area contributed by atoms with Crippen LogP contribution in [0.25, 0.3) is 0 Å². The maximum absolute atomic E-state index is 12.3. The van der Waals surface area contributed by atoms with Crippen molar-refractivity contribution < 1.29 is 27.4 Å². The number of amides is 1. The summed E-state index contributed by atoms with van der Waals surface area (Å²) in [6.07, 6.45) is -2.72. The summed E-state index contributed by atoms with van der Waals surface area (Å²) < 4.78 is 46.8. The van der Waals surface area contributed by atoms with E-state index in [0.29, 0.717) is 25.6 Å². The van der Waals surface area contributed by atoms with Crippen molar-refractivity contribution in [2.45, 2.75) is 19.0 Å². The van der Waals surface area contributed by atoms with Crippen molar-refractivity contribution in [2.75, 3.05) is 32.8 Å². The minimum atomic E-state index is -4.43. The summed E-state index contributed by atoms with van der Waals surface area (Å²) in [4.78, 5) is 13.8. The number of carbonyl (C=O) groups is 1. The molecule has 134 valence electrons. The van der Waals surface area contributed by atoms with Gasteiger partial charge in [-0.3, -0.25) is 4.79 Å². The van der Waals surface area contributed by atoms with Crippen molar-refractivity contribution >= 4 is 5.91 Å². The molecule has 0 radical (unpaired) electrons. The number of para-hydroxylation sites is 2. The number of ether oxygens (including phenoxy) is 2. The highest BCUT2D eigenvalue weighted by Crippen LogP contribution is 2.28. The highest BCUT2D eigenvalue weighted by atomic mass is 19.4. The summed E-state index contributed by atoms with van der Waals surface area (Å²) in [6, 6.07) is 5.99. The highest BCUT2D eigenvalue weighted by Gasteiger charge is 2.29. The summed E-state index contributed by atoms with van der Waals surface area (Å²) in [5.41, 5.74) is 5.61. The molecule has 24 heavy (non-hydrogen) atoms. The van der Waals surface area contributed by atoms with Gasteiger partial charge in [0.2, 0.25) is 0 Å². The minimum absolute atomic E-state index is 0.0375. The molecule has 1 aliphatic rings. The molecule has 1 amide bonds. The van der Waals surface area contributed by atoms with Gasteiger partial charge in [0.05, 0.1) is 0 Å². The lowest BCUT2D eigenvalue weighted by molar-refractivity contribution is -0.153. The Hall–Kier alpha value is -1.96. The van der Waals surface area contributed by atoms with Gasteiger partial charge in [0.25, 0.3) is 5.91 Å². The average molecular weight is 346 g/mol. The molecule has 2 rings (SSSR count). The van der Waals surface area contributed by atoms with E-state index in [1.807, 2.05) is 0 Å². The Labute approximate surface area is 138 Å². The Kier molecular flexibility index (Phi) is 6.30. The number of carbonyl (C=O) groups excluding carboxylic acids is 1. The van der Waals surface area contributed by atoms with Crippen LogP contribution in [0, 0.1) is 5.92 Å². The molecule has 2 N–H and O–H groups in total. The third kappa shape index (κ3) is 5.59. The zero-order valence-electron chi connectivity index (χ0n) is 13.2. The number of alkyl halides is 3. The van der Waals surface area contributed by atoms with Crippen LogP contribution in [-0.2, 0) is 4.79 Å². The Morgan fingerprint density at radius 3 is 2.29 bits per heavy atom. The first-order valence-electron chi connectivity index (χ1n) is 7.78. The van der Waals surface area contributed by atoms with Crippen molar-refractivity contribution in [1.29, 1.82) is 0 Å². The number of nitrogens with two attached hydrogens (primary N) is 1. The highest BCUT2D eigenvalue weighted by molar-refractivity contribution is 5.78. The SMILES string of the molecule is NCC1CCN(C(=O)COc2ccccc2OCC(F)(F)F)CC1. The molecule has 5 nitrogen and oxygen atoms in total. The molecule has 1 aromatic carbocycles. The van der Waals surface area contributed by atoms with Gasteiger partial charge in [0, 0.05) is 13.1 Å². The van der Waals surface area contributed by atoms with Crippen LogP contribution < -0.4 is 15.2 Å². The minimum Gasteiger partial charge on any atom is -0.480 e. The van der Waals surface area contributed by atoms with Crippen molar-refractivity contribution in [1.82, 2.24) is 4.90 Å². The monoisotopic (exact) mass is 346 g/mol. The number of nitrogens with zero attached hydrogens (tertiary/aromatic N) is 1. The third-order valence-electron chi connectivity index (χ3n) is 3.89. The molecule has 0 atom stereocenters. The Balaban J connectivity index is 1.86. The second-order valence-corrected chi connectivity index (χ2v) is 5.70. The first kappa shape index (κ1) is 18.4. The van der Waals surface area contributed by atoms with E-state index in [0.717, 1.165) is 12.8 Å². The van der Waals surface area contributed by atoms with Gasteiger partial charge in [-0.1, -0.05) is 12.1 Å². The third-order valence-corrected chi connectivity index (χ3v) is 3.89. The van der Waals surface area contributed by atoms with Gasteiger partial charge in [-0.25, -0.2) is 0 Å². The molecular weight excluding hydrogens is 325 g/mol. The van der Waals surface area contributed by atoms with Gasteiger partial charge >= 0.3 is 6.18 Å². The molecule has 0 aromatic heterocycles. The van der Waals surface area contributed by atoms with E-state index >= 15 is 0 Å². The molecular formula is C16H21F3N2O3. The number of rotatable bonds is 6. The second-order valence-electron chi connectivity index (χ2n) is 5.70. The van der Waals surface area contributed by atoms with E-state index in [2.05, 4.69) is 0 Å². The van der Waals surface area contributed by atoms with E-state index in [9.17, 15) is 18.0 Å². The van der Waals surface area contributed by atoms with Crippen LogP contribution >= 0.6 is 0 Å². The van der Waals surface area contributed by atoms with Gasteiger partial charge in [0.1, 0.15) is 0 Å². The molecule has 0 unspecified atom stereocenters. The van der Waals surface area contributed by atoms with Crippen molar-refractivity contribution in [3.05, 3.63) is 24.3 Å². The standard InChI is InChI=1S/C16H21F3N2O3/c17-16(18,19)11-24-14-4-2-1-3-13(14)23-10-15(22)21-7-5-12(9-20)6-8-21/h1-4,12H,5-11,20H2. The van der Waals surface area contributed by atoms with E-state index < -0.39 is 12.8 Å². The average Bonchev–Trinajstić information content (AvgIpc) is 2.58. The summed E-state index contributed by atoms with van der Waals surface area (Å²) in [5.74, 6) is 0.318. The van der Waals surface area contributed by atoms with Crippen LogP contribution in [0.1, 0.15) is 12.8 Å². The molecule has 0 bridgehead atoms. The predicted molar refractivity (Wildman–Crippen MR) is 81.8 cm³/mol. The van der Waals surface area contributed by atoms with Crippen LogP contribution in [0.2, 0.25) is 0 Å². The zero-order chi connectivity index (χ0) is 17.6. The lowest BCUT2D eigenvalue weighted by Gasteiger charge is -2.31. The molecule has 0 spiro atoms.